The monoisotopic (exact) mass is 322 g/mol. The lowest BCUT2D eigenvalue weighted by molar-refractivity contribution is 0.196. The van der Waals surface area contributed by atoms with Crippen LogP contribution in [0, 0.1) is 0 Å². The van der Waals surface area contributed by atoms with E-state index in [0.717, 1.165) is 6.26 Å². The molecule has 1 aromatic rings. The Bertz CT molecular complexity index is 623. The van der Waals surface area contributed by atoms with Gasteiger partial charge in [-0.3, -0.25) is 4.72 Å². The third-order valence-electron chi connectivity index (χ3n) is 2.29. The first-order valence-electron chi connectivity index (χ1n) is 5.81. The molecule has 114 valence electrons. The van der Waals surface area contributed by atoms with Crippen molar-refractivity contribution >= 4 is 25.7 Å². The van der Waals surface area contributed by atoms with E-state index in [-0.39, 0.29) is 11.4 Å². The Hall–Kier alpha value is -1.16. The van der Waals surface area contributed by atoms with Gasteiger partial charge in [0.25, 0.3) is 0 Å². The Kier molecular flexibility index (Phi) is 5.93. The number of hydrogen-bond acceptors (Lipinski definition) is 5. The van der Waals surface area contributed by atoms with E-state index in [2.05, 4.69) is 9.44 Å². The quantitative estimate of drug-likeness (QED) is 0.674. The third-order valence-corrected chi connectivity index (χ3v) is 4.37. The summed E-state index contributed by atoms with van der Waals surface area (Å²) in [5.41, 5.74) is 0.311. The molecule has 1 aromatic carbocycles. The Morgan fingerprint density at radius 2 is 1.70 bits per heavy atom. The van der Waals surface area contributed by atoms with Crippen LogP contribution in [0.1, 0.15) is 6.42 Å². The van der Waals surface area contributed by atoms with Crippen molar-refractivity contribution in [1.82, 2.24) is 4.72 Å². The molecular weight excluding hydrogens is 304 g/mol. The molecule has 0 aromatic heterocycles. The first-order chi connectivity index (χ1) is 9.24. The lowest BCUT2D eigenvalue weighted by Gasteiger charge is -2.08. The van der Waals surface area contributed by atoms with Crippen LogP contribution in [-0.4, -0.2) is 43.4 Å². The molecule has 0 aliphatic rings. The highest BCUT2D eigenvalue weighted by Gasteiger charge is 2.13. The van der Waals surface area contributed by atoms with Gasteiger partial charge in [-0.1, -0.05) is 0 Å². The maximum absolute atomic E-state index is 11.9. The Morgan fingerprint density at radius 3 is 2.20 bits per heavy atom. The molecule has 0 unspecified atom stereocenters. The molecule has 0 saturated heterocycles. The third kappa shape index (κ3) is 5.87. The second-order valence-electron chi connectivity index (χ2n) is 4.14. The lowest BCUT2D eigenvalue weighted by Crippen LogP contribution is -2.25. The molecule has 1 rings (SSSR count). The van der Waals surface area contributed by atoms with Gasteiger partial charge < -0.3 is 4.74 Å². The first-order valence-corrected chi connectivity index (χ1v) is 9.18. The summed E-state index contributed by atoms with van der Waals surface area (Å²) in [7, 11) is -5.42. The van der Waals surface area contributed by atoms with Crippen molar-refractivity contribution in [3.63, 3.8) is 0 Å². The van der Waals surface area contributed by atoms with Crippen LogP contribution in [0.5, 0.6) is 0 Å². The molecule has 0 bridgehead atoms. The molecule has 2 N–H and O–H groups in total. The van der Waals surface area contributed by atoms with E-state index in [4.69, 9.17) is 4.74 Å². The van der Waals surface area contributed by atoms with Gasteiger partial charge in [0.05, 0.1) is 11.2 Å². The van der Waals surface area contributed by atoms with Crippen LogP contribution in [-0.2, 0) is 24.8 Å². The zero-order valence-electron chi connectivity index (χ0n) is 11.3. The van der Waals surface area contributed by atoms with Crippen molar-refractivity contribution in [2.24, 2.45) is 0 Å². The van der Waals surface area contributed by atoms with Gasteiger partial charge in [-0.15, -0.1) is 0 Å². The molecule has 7 nitrogen and oxygen atoms in total. The molecular formula is C11H18N2O5S2. The SMILES string of the molecule is COCCCNS(=O)(=O)c1ccc(NS(C)(=O)=O)cc1. The van der Waals surface area contributed by atoms with Crippen LogP contribution in [0.4, 0.5) is 5.69 Å². The minimum atomic E-state index is -3.58. The van der Waals surface area contributed by atoms with Crippen LogP contribution in [0.2, 0.25) is 0 Å². The summed E-state index contributed by atoms with van der Waals surface area (Å²) in [6.07, 6.45) is 1.60. The first kappa shape index (κ1) is 16.9. The van der Waals surface area contributed by atoms with Gasteiger partial charge in [0.1, 0.15) is 0 Å². The van der Waals surface area contributed by atoms with Gasteiger partial charge in [-0.25, -0.2) is 21.6 Å². The number of ether oxygens (including phenoxy) is 1. The summed E-state index contributed by atoms with van der Waals surface area (Å²) >= 11 is 0. The fourth-order valence-electron chi connectivity index (χ4n) is 1.42. The van der Waals surface area contributed by atoms with E-state index in [1.54, 1.807) is 7.11 Å². The van der Waals surface area contributed by atoms with Crippen molar-refractivity contribution in [3.8, 4) is 0 Å². The molecule has 0 fully saturated rings. The van der Waals surface area contributed by atoms with Crippen molar-refractivity contribution in [1.29, 1.82) is 0 Å². The zero-order valence-corrected chi connectivity index (χ0v) is 12.9. The second-order valence-corrected chi connectivity index (χ2v) is 7.66. The molecule has 0 spiro atoms. The Morgan fingerprint density at radius 1 is 1.10 bits per heavy atom. The van der Waals surface area contributed by atoms with Gasteiger partial charge in [0.15, 0.2) is 0 Å². The molecule has 0 amide bonds. The summed E-state index contributed by atoms with van der Waals surface area (Å²) in [6, 6.07) is 5.47. The summed E-state index contributed by atoms with van der Waals surface area (Å²) in [5.74, 6) is 0. The summed E-state index contributed by atoms with van der Waals surface area (Å²) < 4.78 is 55.4. The average molecular weight is 322 g/mol. The van der Waals surface area contributed by atoms with Gasteiger partial charge in [0.2, 0.25) is 20.0 Å². The predicted octanol–water partition coefficient (Wildman–Crippen LogP) is 0.373. The van der Waals surface area contributed by atoms with E-state index in [1.807, 2.05) is 0 Å². The fourth-order valence-corrected chi connectivity index (χ4v) is 3.06. The summed E-state index contributed by atoms with van der Waals surface area (Å²) in [5, 5.41) is 0. The molecule has 9 heteroatoms. The molecule has 20 heavy (non-hydrogen) atoms. The lowest BCUT2D eigenvalue weighted by atomic mass is 10.3. The van der Waals surface area contributed by atoms with Gasteiger partial charge in [0, 0.05) is 25.9 Å². The number of anilines is 1. The second kappa shape index (κ2) is 7.02. The highest BCUT2D eigenvalue weighted by atomic mass is 32.2. The summed E-state index contributed by atoms with van der Waals surface area (Å²) in [4.78, 5) is 0.0777. The number of sulfonamides is 2. The average Bonchev–Trinajstić information content (AvgIpc) is 2.33. The minimum Gasteiger partial charge on any atom is -0.385 e. The normalized spacial score (nSPS) is 12.3. The topological polar surface area (TPSA) is 102 Å². The van der Waals surface area contributed by atoms with Crippen molar-refractivity contribution < 1.29 is 21.6 Å². The summed E-state index contributed by atoms with van der Waals surface area (Å²) in [6.45, 7) is 0.749. The zero-order chi connectivity index (χ0) is 15.2. The van der Waals surface area contributed by atoms with Crippen LogP contribution in [0.25, 0.3) is 0 Å². The maximum Gasteiger partial charge on any atom is 0.240 e. The van der Waals surface area contributed by atoms with Crippen LogP contribution < -0.4 is 9.44 Å². The molecule has 0 heterocycles. The minimum absolute atomic E-state index is 0.0777. The number of nitrogens with one attached hydrogen (secondary N) is 2. The number of methoxy groups -OCH3 is 1. The highest BCUT2D eigenvalue weighted by Crippen LogP contribution is 2.14. The number of rotatable bonds is 8. The molecule has 0 aliphatic heterocycles. The molecule has 0 saturated carbocycles. The molecule has 0 aliphatic carbocycles. The maximum atomic E-state index is 11.9. The number of hydrogen-bond donors (Lipinski definition) is 2. The van der Waals surface area contributed by atoms with Crippen LogP contribution >= 0.6 is 0 Å². The van der Waals surface area contributed by atoms with Crippen LogP contribution in [0.3, 0.4) is 0 Å². The van der Waals surface area contributed by atoms with E-state index in [0.29, 0.717) is 18.7 Å². The van der Waals surface area contributed by atoms with Crippen molar-refractivity contribution in [2.45, 2.75) is 11.3 Å². The van der Waals surface area contributed by atoms with Crippen molar-refractivity contribution in [2.75, 3.05) is 31.2 Å². The largest absolute Gasteiger partial charge is 0.385 e. The predicted molar refractivity (Wildman–Crippen MR) is 76.6 cm³/mol. The standard InChI is InChI=1S/C11H18N2O5S2/c1-18-9-3-8-12-20(16,17)11-6-4-10(5-7-11)13-19(2,14)15/h4-7,12-13H,3,8-9H2,1-2H3. The Balaban J connectivity index is 2.72. The van der Waals surface area contributed by atoms with Crippen LogP contribution in [0.15, 0.2) is 29.2 Å². The van der Waals surface area contributed by atoms with Gasteiger partial charge >= 0.3 is 0 Å². The molecule has 0 atom stereocenters. The highest BCUT2D eigenvalue weighted by molar-refractivity contribution is 7.92. The van der Waals surface area contributed by atoms with Gasteiger partial charge in [-0.2, -0.15) is 0 Å². The Labute approximate surface area is 119 Å². The van der Waals surface area contributed by atoms with E-state index in [1.165, 1.54) is 24.3 Å². The fraction of sp³-hybridized carbons (Fsp3) is 0.455. The smallest absolute Gasteiger partial charge is 0.240 e. The van der Waals surface area contributed by atoms with E-state index in [9.17, 15) is 16.8 Å². The number of benzene rings is 1. The van der Waals surface area contributed by atoms with E-state index < -0.39 is 20.0 Å². The van der Waals surface area contributed by atoms with E-state index >= 15 is 0 Å². The molecule has 0 radical (unpaired) electrons. The van der Waals surface area contributed by atoms with Gasteiger partial charge in [-0.05, 0) is 30.7 Å². The van der Waals surface area contributed by atoms with Crippen molar-refractivity contribution in [3.05, 3.63) is 24.3 Å².